The molecular weight excluding hydrogens is 255 g/mol. The molecule has 73 valence electrons. The molecule has 0 amide bonds. The van der Waals surface area contributed by atoms with Crippen LogP contribution in [-0.4, -0.2) is 23.1 Å². The second-order valence-corrected chi connectivity index (χ2v) is 2.44. The molecular formula is C9H12N3OY-. The minimum atomic E-state index is 0. The number of hydrogen-bond acceptors (Lipinski definition) is 4. The first-order valence-corrected chi connectivity index (χ1v) is 4.02. The Morgan fingerprint density at radius 3 is 3.00 bits per heavy atom. The molecule has 1 aromatic heterocycles. The summed E-state index contributed by atoms with van der Waals surface area (Å²) in [4.78, 5) is 7.85. The van der Waals surface area contributed by atoms with Gasteiger partial charge in [0.05, 0.1) is 6.61 Å². The van der Waals surface area contributed by atoms with Gasteiger partial charge in [0.25, 0.3) is 0 Å². The van der Waals surface area contributed by atoms with Gasteiger partial charge in [-0.15, -0.1) is 6.07 Å². The van der Waals surface area contributed by atoms with E-state index in [0.29, 0.717) is 19.2 Å². The average molecular weight is 267 g/mol. The Balaban J connectivity index is 0.00000169. The number of hydrogen-bond donors (Lipinski definition) is 1. The Kier molecular flexibility index (Phi) is 7.85. The van der Waals surface area contributed by atoms with Crippen LogP contribution in [0.15, 0.2) is 18.2 Å². The molecule has 2 N–H and O–H groups in total. The van der Waals surface area contributed by atoms with Gasteiger partial charge in [0.2, 0.25) is 0 Å². The molecule has 0 atom stereocenters. The monoisotopic (exact) mass is 267 g/mol. The van der Waals surface area contributed by atoms with Crippen LogP contribution in [0.25, 0.3) is 0 Å². The topological polar surface area (TPSA) is 61.0 Å². The van der Waals surface area contributed by atoms with E-state index >= 15 is 0 Å². The SMILES string of the molecule is Cc1c[c-]nc(OCC=CCN)n1.[Y]. The maximum atomic E-state index is 5.25. The molecule has 0 aliphatic rings. The molecule has 14 heavy (non-hydrogen) atoms. The van der Waals surface area contributed by atoms with Gasteiger partial charge in [0.1, 0.15) is 0 Å². The summed E-state index contributed by atoms with van der Waals surface area (Å²) in [5.41, 5.74) is 6.09. The average Bonchev–Trinajstić information content (AvgIpc) is 2.13. The van der Waals surface area contributed by atoms with Crippen LogP contribution in [0.2, 0.25) is 0 Å². The summed E-state index contributed by atoms with van der Waals surface area (Å²) in [7, 11) is 0. The fourth-order valence-electron chi connectivity index (χ4n) is 0.741. The summed E-state index contributed by atoms with van der Waals surface area (Å²) in [6.07, 6.45) is 6.33. The molecule has 1 radical (unpaired) electrons. The van der Waals surface area contributed by atoms with Crippen LogP contribution < -0.4 is 10.5 Å². The predicted molar refractivity (Wildman–Crippen MR) is 49.3 cm³/mol. The molecule has 0 saturated heterocycles. The Bertz CT molecular complexity index is 291. The van der Waals surface area contributed by atoms with Crippen LogP contribution in [0.4, 0.5) is 0 Å². The first-order chi connectivity index (χ1) is 6.33. The van der Waals surface area contributed by atoms with Crippen LogP contribution in [0.5, 0.6) is 6.01 Å². The number of aryl methyl sites for hydroxylation is 1. The van der Waals surface area contributed by atoms with Gasteiger partial charge >= 0.3 is 0 Å². The van der Waals surface area contributed by atoms with Gasteiger partial charge in [0.15, 0.2) is 6.01 Å². The van der Waals surface area contributed by atoms with Gasteiger partial charge in [-0.25, -0.2) is 0 Å². The summed E-state index contributed by atoms with van der Waals surface area (Å²) in [5.74, 6) is 0. The summed E-state index contributed by atoms with van der Waals surface area (Å²) in [6, 6.07) is 2.05. The maximum absolute atomic E-state index is 5.25. The van der Waals surface area contributed by atoms with Gasteiger partial charge in [-0.2, -0.15) is 0 Å². The van der Waals surface area contributed by atoms with E-state index in [4.69, 9.17) is 10.5 Å². The molecule has 1 heterocycles. The fourth-order valence-corrected chi connectivity index (χ4v) is 0.741. The standard InChI is InChI=1S/C9H12N3O.Y/c1-8-4-6-11-9(12-8)13-7-3-2-5-10;/h2-4H,5,7,10H2,1H3;/q-1;. The largest absolute Gasteiger partial charge is 0.517 e. The maximum Gasteiger partial charge on any atom is 0.197 e. The molecule has 0 aliphatic heterocycles. The quantitative estimate of drug-likeness (QED) is 0.636. The zero-order valence-corrected chi connectivity index (χ0v) is 10.9. The minimum Gasteiger partial charge on any atom is -0.517 e. The molecule has 1 rings (SSSR count). The Morgan fingerprint density at radius 1 is 1.57 bits per heavy atom. The zero-order chi connectivity index (χ0) is 9.52. The molecule has 0 bridgehead atoms. The van der Waals surface area contributed by atoms with Crippen LogP contribution in [0.1, 0.15) is 5.69 Å². The number of ether oxygens (including phenoxy) is 1. The van der Waals surface area contributed by atoms with E-state index in [1.165, 1.54) is 0 Å². The molecule has 0 aliphatic carbocycles. The van der Waals surface area contributed by atoms with E-state index in [1.54, 1.807) is 6.07 Å². The van der Waals surface area contributed by atoms with E-state index in [-0.39, 0.29) is 32.7 Å². The van der Waals surface area contributed by atoms with E-state index in [9.17, 15) is 0 Å². The van der Waals surface area contributed by atoms with Crippen molar-refractivity contribution in [2.45, 2.75) is 6.92 Å². The van der Waals surface area contributed by atoms with Gasteiger partial charge in [0, 0.05) is 39.3 Å². The fraction of sp³-hybridized carbons (Fsp3) is 0.333. The van der Waals surface area contributed by atoms with Crippen molar-refractivity contribution in [2.75, 3.05) is 13.2 Å². The van der Waals surface area contributed by atoms with Crippen LogP contribution in [-0.2, 0) is 32.7 Å². The second-order valence-electron chi connectivity index (χ2n) is 2.44. The first-order valence-electron chi connectivity index (χ1n) is 4.02. The van der Waals surface area contributed by atoms with Crippen molar-refractivity contribution in [1.82, 2.24) is 9.97 Å². The zero-order valence-electron chi connectivity index (χ0n) is 8.10. The van der Waals surface area contributed by atoms with Crippen LogP contribution >= 0.6 is 0 Å². The van der Waals surface area contributed by atoms with Crippen LogP contribution in [0.3, 0.4) is 0 Å². The van der Waals surface area contributed by atoms with Crippen molar-refractivity contribution in [1.29, 1.82) is 0 Å². The van der Waals surface area contributed by atoms with E-state index in [1.807, 2.05) is 19.1 Å². The third kappa shape index (κ3) is 5.42. The minimum absolute atomic E-state index is 0. The molecule has 1 aromatic rings. The van der Waals surface area contributed by atoms with Crippen molar-refractivity contribution < 1.29 is 37.4 Å². The third-order valence-electron chi connectivity index (χ3n) is 1.32. The van der Waals surface area contributed by atoms with E-state index < -0.39 is 0 Å². The van der Waals surface area contributed by atoms with Crippen LogP contribution in [0, 0.1) is 13.1 Å². The van der Waals surface area contributed by atoms with Gasteiger partial charge < -0.3 is 20.4 Å². The van der Waals surface area contributed by atoms with Gasteiger partial charge in [-0.05, 0) is 0 Å². The molecule has 5 heteroatoms. The molecule has 0 fully saturated rings. The van der Waals surface area contributed by atoms with Crippen molar-refractivity contribution in [3.8, 4) is 6.01 Å². The first kappa shape index (κ1) is 13.7. The number of nitrogens with two attached hydrogens (primary N) is 1. The second kappa shape index (κ2) is 8.03. The van der Waals surface area contributed by atoms with Crippen molar-refractivity contribution in [3.63, 3.8) is 0 Å². The number of aromatic nitrogens is 2. The number of nitrogens with zero attached hydrogens (tertiary/aromatic N) is 2. The molecule has 0 spiro atoms. The number of rotatable bonds is 4. The molecule has 0 unspecified atom stereocenters. The van der Waals surface area contributed by atoms with Crippen molar-refractivity contribution in [3.05, 3.63) is 30.1 Å². The van der Waals surface area contributed by atoms with Gasteiger partial charge in [-0.3, -0.25) is 0 Å². The van der Waals surface area contributed by atoms with Crippen molar-refractivity contribution in [2.24, 2.45) is 5.73 Å². The normalized spacial score (nSPS) is 9.86. The summed E-state index contributed by atoms with van der Waals surface area (Å²) >= 11 is 0. The Hall–Kier alpha value is -0.316. The van der Waals surface area contributed by atoms with Crippen molar-refractivity contribution >= 4 is 0 Å². The molecule has 4 nitrogen and oxygen atoms in total. The summed E-state index contributed by atoms with van der Waals surface area (Å²) < 4.78 is 5.19. The predicted octanol–water partition coefficient (Wildman–Crippen LogP) is 0.476. The Labute approximate surface area is 109 Å². The summed E-state index contributed by atoms with van der Waals surface area (Å²) in [5, 5.41) is 0. The molecule has 0 aromatic carbocycles. The van der Waals surface area contributed by atoms with E-state index in [2.05, 4.69) is 16.2 Å². The smallest absolute Gasteiger partial charge is 0.197 e. The van der Waals surface area contributed by atoms with Gasteiger partial charge in [-0.1, -0.05) is 31.0 Å². The third-order valence-corrected chi connectivity index (χ3v) is 1.32. The van der Waals surface area contributed by atoms with E-state index in [0.717, 1.165) is 5.69 Å². The molecule has 0 saturated carbocycles. The summed E-state index contributed by atoms with van der Waals surface area (Å²) in [6.45, 7) is 2.82. The Morgan fingerprint density at radius 2 is 2.36 bits per heavy atom.